The number of nitrogen functional groups attached to an aromatic ring is 2. The van der Waals surface area contributed by atoms with Gasteiger partial charge in [0.15, 0.2) is 29.8 Å². The number of amides is 2. The van der Waals surface area contributed by atoms with Gasteiger partial charge in [0.1, 0.15) is 24.2 Å². The van der Waals surface area contributed by atoms with E-state index in [-0.39, 0.29) is 22.2 Å². The van der Waals surface area contributed by atoms with E-state index >= 15 is 0 Å². The molecule has 2 aliphatic heterocycles. The number of carbonyl (C=O) groups is 3. The van der Waals surface area contributed by atoms with Crippen molar-refractivity contribution < 1.29 is 28.9 Å². The molecular weight excluding hydrogens is 494 g/mol. The molecular formula is C21H21N7O5S2. The van der Waals surface area contributed by atoms with Crippen molar-refractivity contribution in [3.8, 4) is 0 Å². The van der Waals surface area contributed by atoms with Gasteiger partial charge in [0.2, 0.25) is 0 Å². The average molecular weight is 516 g/mol. The average Bonchev–Trinajstić information content (AvgIpc) is 3.26. The number of aliphatic carboxylic acids is 1. The molecule has 12 nitrogen and oxygen atoms in total. The number of anilines is 2. The smallest absolute Gasteiger partial charge is 0.276 e. The minimum Gasteiger partial charge on any atom is -0.543 e. The van der Waals surface area contributed by atoms with E-state index < -0.39 is 29.2 Å². The summed E-state index contributed by atoms with van der Waals surface area (Å²) in [5.41, 5.74) is 12.3. The van der Waals surface area contributed by atoms with E-state index in [9.17, 15) is 19.5 Å². The van der Waals surface area contributed by atoms with Crippen LogP contribution in [0.1, 0.15) is 5.69 Å². The fourth-order valence-corrected chi connectivity index (χ4v) is 5.50. The molecule has 2 amide bonds. The summed E-state index contributed by atoms with van der Waals surface area (Å²) in [6, 6.07) is 2.61. The first kappa shape index (κ1) is 24.2. The lowest BCUT2D eigenvalue weighted by Gasteiger charge is -2.50. The number of thiazole rings is 1. The quantitative estimate of drug-likeness (QED) is 0.165. The van der Waals surface area contributed by atoms with Gasteiger partial charge in [-0.15, -0.1) is 23.1 Å². The van der Waals surface area contributed by atoms with Gasteiger partial charge in [-0.05, 0) is 17.7 Å². The van der Waals surface area contributed by atoms with Crippen LogP contribution in [0.2, 0.25) is 0 Å². The highest BCUT2D eigenvalue weighted by atomic mass is 32.2. The second-order valence-electron chi connectivity index (χ2n) is 7.45. The number of β-lactam (4-membered cyclic amide) rings is 1. The normalized spacial score (nSPS) is 20.0. The number of hydrogen-bond donors (Lipinski definition) is 3. The standard InChI is InChI=1S/C21H21N7O5S2/c1-33-26-14(13-10-35-21(23)24-13)17(29)25-15-18(30)28-16(20(31)32)11(9-34-19(15)28)4-2-6-27-7-3-5-12(22)8-27/h2-5,7-8,10,15,19H,6,9,22H2,1H3,(H3-,23,24,25,29,31,32)/b4-2?,26-14-/t15?,19-/m0/s1. The van der Waals surface area contributed by atoms with Gasteiger partial charge in [-0.25, -0.2) is 4.98 Å². The van der Waals surface area contributed by atoms with Gasteiger partial charge in [0, 0.05) is 17.2 Å². The van der Waals surface area contributed by atoms with Gasteiger partial charge in [-0.1, -0.05) is 11.2 Å². The van der Waals surface area contributed by atoms with Crippen LogP contribution in [0, 0.1) is 0 Å². The van der Waals surface area contributed by atoms with E-state index in [0.29, 0.717) is 23.6 Å². The van der Waals surface area contributed by atoms with Crippen molar-refractivity contribution in [2.45, 2.75) is 18.0 Å². The molecule has 5 N–H and O–H groups in total. The number of aromatic nitrogens is 2. The molecule has 2 atom stereocenters. The Morgan fingerprint density at radius 3 is 2.91 bits per heavy atom. The van der Waals surface area contributed by atoms with Gasteiger partial charge < -0.3 is 31.5 Å². The molecule has 4 rings (SSSR count). The van der Waals surface area contributed by atoms with Gasteiger partial charge in [0.25, 0.3) is 11.8 Å². The summed E-state index contributed by atoms with van der Waals surface area (Å²) in [7, 11) is 1.27. The Bertz CT molecular complexity index is 1270. The summed E-state index contributed by atoms with van der Waals surface area (Å²) in [5, 5.41) is 19.4. The molecule has 182 valence electrons. The van der Waals surface area contributed by atoms with Crippen molar-refractivity contribution in [3.05, 3.63) is 59.0 Å². The Hall–Kier alpha value is -3.91. The lowest BCUT2D eigenvalue weighted by atomic mass is 10.0. The maximum Gasteiger partial charge on any atom is 0.276 e. The van der Waals surface area contributed by atoms with Crippen LogP contribution in [-0.4, -0.2) is 57.7 Å². The molecule has 0 bridgehead atoms. The molecule has 0 spiro atoms. The van der Waals surface area contributed by atoms with Crippen molar-refractivity contribution in [2.24, 2.45) is 5.16 Å². The molecule has 0 aliphatic carbocycles. The summed E-state index contributed by atoms with van der Waals surface area (Å²) in [6.07, 6.45) is 7.00. The highest BCUT2D eigenvalue weighted by Crippen LogP contribution is 2.40. The number of nitrogens with zero attached hydrogens (tertiary/aromatic N) is 4. The third-order valence-electron chi connectivity index (χ3n) is 5.16. The number of allylic oxidation sites excluding steroid dienone is 2. The number of nitrogens with one attached hydrogen (secondary N) is 1. The zero-order chi connectivity index (χ0) is 25.1. The predicted octanol–water partition coefficient (Wildman–Crippen LogP) is -1.39. The highest BCUT2D eigenvalue weighted by molar-refractivity contribution is 8.00. The number of carbonyl (C=O) groups excluding carboxylic acids is 3. The molecule has 2 aliphatic rings. The van der Waals surface area contributed by atoms with Crippen molar-refractivity contribution in [3.63, 3.8) is 0 Å². The summed E-state index contributed by atoms with van der Waals surface area (Å²) in [4.78, 5) is 47.5. The molecule has 1 saturated heterocycles. The molecule has 1 fully saturated rings. The SMILES string of the molecule is CO/N=C(\C(=O)NC1C(=O)N2C(C(=O)[O-])=C(C=CC[n+]3cccc(N)c3)CS[C@@H]12)c1csc(N)n1. The van der Waals surface area contributed by atoms with E-state index in [1.54, 1.807) is 30.5 Å². The van der Waals surface area contributed by atoms with Crippen LogP contribution >= 0.6 is 23.1 Å². The summed E-state index contributed by atoms with van der Waals surface area (Å²) >= 11 is 2.45. The first-order valence-corrected chi connectivity index (χ1v) is 12.2. The fourth-order valence-electron chi connectivity index (χ4n) is 3.63. The van der Waals surface area contributed by atoms with E-state index in [4.69, 9.17) is 16.3 Å². The van der Waals surface area contributed by atoms with Crippen molar-refractivity contribution >= 4 is 57.4 Å². The zero-order valence-electron chi connectivity index (χ0n) is 18.4. The van der Waals surface area contributed by atoms with Gasteiger partial charge in [-0.3, -0.25) is 14.5 Å². The van der Waals surface area contributed by atoms with Gasteiger partial charge in [0.05, 0.1) is 17.4 Å². The second-order valence-corrected chi connectivity index (χ2v) is 9.45. The Labute approximate surface area is 207 Å². The molecule has 0 aromatic carbocycles. The fraction of sp³-hybridized carbons (Fsp3) is 0.238. The zero-order valence-corrected chi connectivity index (χ0v) is 20.0. The summed E-state index contributed by atoms with van der Waals surface area (Å²) < 4.78 is 1.83. The number of carboxylic acid groups (broad SMARTS) is 1. The van der Waals surface area contributed by atoms with E-state index in [0.717, 1.165) is 16.2 Å². The van der Waals surface area contributed by atoms with E-state index in [2.05, 4.69) is 15.5 Å². The predicted molar refractivity (Wildman–Crippen MR) is 127 cm³/mol. The second kappa shape index (κ2) is 10.1. The topological polar surface area (TPSA) is 180 Å². The largest absolute Gasteiger partial charge is 0.543 e. The van der Waals surface area contributed by atoms with E-state index in [1.807, 2.05) is 10.8 Å². The number of pyridine rings is 1. The Kier molecular flexibility index (Phi) is 7.02. The minimum absolute atomic E-state index is 0.147. The maximum absolute atomic E-state index is 12.9. The lowest BCUT2D eigenvalue weighted by molar-refractivity contribution is -0.686. The number of carboxylic acids is 1. The first-order chi connectivity index (χ1) is 16.8. The Morgan fingerprint density at radius 1 is 1.46 bits per heavy atom. The number of oxime groups is 1. The Morgan fingerprint density at radius 2 is 2.26 bits per heavy atom. The molecule has 1 unspecified atom stereocenters. The summed E-state index contributed by atoms with van der Waals surface area (Å²) in [5.74, 6) is -2.42. The van der Waals surface area contributed by atoms with E-state index in [1.165, 1.54) is 24.3 Å². The first-order valence-electron chi connectivity index (χ1n) is 10.2. The molecule has 2 aromatic rings. The van der Waals surface area contributed by atoms with Crippen LogP contribution in [0.3, 0.4) is 0 Å². The van der Waals surface area contributed by atoms with Crippen LogP contribution in [0.4, 0.5) is 10.8 Å². The van der Waals surface area contributed by atoms with Crippen LogP contribution in [0.15, 0.2) is 58.5 Å². The Balaban J connectivity index is 1.49. The van der Waals surface area contributed by atoms with Gasteiger partial charge in [-0.2, -0.15) is 4.57 Å². The van der Waals surface area contributed by atoms with Crippen LogP contribution in [-0.2, 0) is 25.8 Å². The lowest BCUT2D eigenvalue weighted by Crippen LogP contribution is -2.71. The van der Waals surface area contributed by atoms with Crippen LogP contribution < -0.4 is 26.5 Å². The van der Waals surface area contributed by atoms with Crippen molar-refractivity contribution in [1.29, 1.82) is 0 Å². The molecule has 4 heterocycles. The number of rotatable bonds is 8. The highest BCUT2D eigenvalue weighted by Gasteiger charge is 2.53. The van der Waals surface area contributed by atoms with Crippen LogP contribution in [0.25, 0.3) is 0 Å². The number of fused-ring (bicyclic) bond motifs is 1. The third-order valence-corrected chi connectivity index (χ3v) is 7.13. The molecule has 2 aromatic heterocycles. The van der Waals surface area contributed by atoms with Crippen molar-refractivity contribution in [1.82, 2.24) is 15.2 Å². The van der Waals surface area contributed by atoms with Crippen LogP contribution in [0.5, 0.6) is 0 Å². The third kappa shape index (κ3) is 4.97. The number of hydrogen-bond acceptors (Lipinski definition) is 11. The molecule has 14 heteroatoms. The minimum atomic E-state index is -1.47. The van der Waals surface area contributed by atoms with Crippen molar-refractivity contribution in [2.75, 3.05) is 24.3 Å². The monoisotopic (exact) mass is 515 g/mol. The number of thioether (sulfide) groups is 1. The molecule has 0 saturated carbocycles. The molecule has 35 heavy (non-hydrogen) atoms. The van der Waals surface area contributed by atoms with Gasteiger partial charge >= 0.3 is 0 Å². The maximum atomic E-state index is 12.9. The molecule has 0 radical (unpaired) electrons. The number of nitrogens with two attached hydrogens (primary N) is 2. The summed E-state index contributed by atoms with van der Waals surface area (Å²) in [6.45, 7) is 0.457.